The van der Waals surface area contributed by atoms with Crippen molar-refractivity contribution < 1.29 is 4.79 Å². The summed E-state index contributed by atoms with van der Waals surface area (Å²) in [7, 11) is 1.87. The molecule has 0 unspecified atom stereocenters. The summed E-state index contributed by atoms with van der Waals surface area (Å²) in [5.41, 5.74) is 7.05. The minimum atomic E-state index is -0.221. The van der Waals surface area contributed by atoms with E-state index in [0.717, 1.165) is 17.1 Å². The van der Waals surface area contributed by atoms with Gasteiger partial charge in [-0.3, -0.25) is 15.6 Å². The first kappa shape index (κ1) is 18.9. The number of hydrogen-bond acceptors (Lipinski definition) is 5. The highest BCUT2D eigenvalue weighted by atomic mass is 32.2. The maximum Gasteiger partial charge on any atom is 0.248 e. The van der Waals surface area contributed by atoms with Crippen LogP contribution in [0.4, 0.5) is 5.69 Å². The van der Waals surface area contributed by atoms with E-state index in [9.17, 15) is 4.79 Å². The van der Waals surface area contributed by atoms with Crippen LogP contribution in [0.25, 0.3) is 11.4 Å². The first-order chi connectivity index (χ1) is 13.1. The van der Waals surface area contributed by atoms with Crippen molar-refractivity contribution in [2.45, 2.75) is 5.16 Å². The summed E-state index contributed by atoms with van der Waals surface area (Å²) in [4.78, 5) is 12.0. The van der Waals surface area contributed by atoms with Crippen molar-refractivity contribution in [3.05, 3.63) is 60.7 Å². The number of benzene rings is 2. The molecule has 0 spiro atoms. The summed E-state index contributed by atoms with van der Waals surface area (Å²) in [5, 5.41) is 12.3. The minimum absolute atomic E-state index is 0.182. The number of carbonyl (C=O) groups excluding carboxylic acids is 1. The zero-order chi connectivity index (χ0) is 19.1. The fourth-order valence-electron chi connectivity index (χ4n) is 2.26. The van der Waals surface area contributed by atoms with Gasteiger partial charge in [0.15, 0.2) is 16.1 Å². The van der Waals surface area contributed by atoms with Gasteiger partial charge in [0.2, 0.25) is 5.91 Å². The van der Waals surface area contributed by atoms with Gasteiger partial charge < -0.3 is 9.88 Å². The second kappa shape index (κ2) is 9.15. The molecule has 7 nitrogen and oxygen atoms in total. The average Bonchev–Trinajstić information content (AvgIpc) is 3.06. The third-order valence-electron chi connectivity index (χ3n) is 3.55. The topological polar surface area (TPSA) is 83.9 Å². The van der Waals surface area contributed by atoms with Crippen LogP contribution in [0.2, 0.25) is 0 Å². The second-order valence-electron chi connectivity index (χ2n) is 5.51. The molecule has 138 valence electrons. The fourth-order valence-corrected chi connectivity index (χ4v) is 3.14. The maximum atomic E-state index is 12.0. The lowest BCUT2D eigenvalue weighted by Gasteiger charge is -2.11. The van der Waals surface area contributed by atoms with Crippen molar-refractivity contribution in [2.75, 3.05) is 11.1 Å². The first-order valence-electron chi connectivity index (χ1n) is 8.12. The molecule has 0 radical (unpaired) electrons. The Bertz CT molecular complexity index is 914. The molecule has 0 aliphatic carbocycles. The molecule has 1 amide bonds. The number of para-hydroxylation sites is 1. The van der Waals surface area contributed by atoms with Gasteiger partial charge in [-0.15, -0.1) is 10.2 Å². The molecule has 0 bridgehead atoms. The Morgan fingerprint density at radius 2 is 1.70 bits per heavy atom. The number of thioether (sulfide) groups is 1. The molecule has 0 aliphatic rings. The van der Waals surface area contributed by atoms with Gasteiger partial charge in [0.25, 0.3) is 0 Å². The lowest BCUT2D eigenvalue weighted by Crippen LogP contribution is -2.44. The summed E-state index contributed by atoms with van der Waals surface area (Å²) >= 11 is 6.44. The highest BCUT2D eigenvalue weighted by molar-refractivity contribution is 7.99. The van der Waals surface area contributed by atoms with E-state index in [1.165, 1.54) is 11.8 Å². The maximum absolute atomic E-state index is 12.0. The predicted octanol–water partition coefficient (Wildman–Crippen LogP) is 2.59. The van der Waals surface area contributed by atoms with Crippen LogP contribution < -0.4 is 16.2 Å². The van der Waals surface area contributed by atoms with Crippen molar-refractivity contribution in [1.29, 1.82) is 0 Å². The molecule has 1 heterocycles. The van der Waals surface area contributed by atoms with Crippen LogP contribution in [0.1, 0.15) is 0 Å². The zero-order valence-corrected chi connectivity index (χ0v) is 16.2. The van der Waals surface area contributed by atoms with Crippen LogP contribution in [-0.4, -0.2) is 31.5 Å². The Morgan fingerprint density at radius 3 is 2.41 bits per heavy atom. The summed E-state index contributed by atoms with van der Waals surface area (Å²) in [6, 6.07) is 19.2. The number of aromatic nitrogens is 3. The quantitative estimate of drug-likeness (QED) is 0.346. The molecule has 9 heteroatoms. The highest BCUT2D eigenvalue weighted by Gasteiger charge is 2.12. The Kier molecular flexibility index (Phi) is 6.39. The number of nitrogens with one attached hydrogen (secondary N) is 3. The number of nitrogens with zero attached hydrogens (tertiary/aromatic N) is 3. The van der Waals surface area contributed by atoms with Crippen LogP contribution in [0.15, 0.2) is 65.8 Å². The molecule has 3 N–H and O–H groups in total. The Hall–Kier alpha value is -2.91. The summed E-state index contributed by atoms with van der Waals surface area (Å²) in [6.45, 7) is 0. The van der Waals surface area contributed by atoms with E-state index in [1.54, 1.807) is 0 Å². The Labute approximate surface area is 166 Å². The van der Waals surface area contributed by atoms with Crippen LogP contribution in [0.3, 0.4) is 0 Å². The summed E-state index contributed by atoms with van der Waals surface area (Å²) in [5.74, 6) is 0.716. The molecule has 3 aromatic rings. The van der Waals surface area contributed by atoms with E-state index in [1.807, 2.05) is 72.3 Å². The van der Waals surface area contributed by atoms with Crippen molar-refractivity contribution in [2.24, 2.45) is 7.05 Å². The molecule has 3 rings (SSSR count). The van der Waals surface area contributed by atoms with Gasteiger partial charge in [0, 0.05) is 18.3 Å². The number of amides is 1. The minimum Gasteiger partial charge on any atom is -0.331 e. The normalized spacial score (nSPS) is 10.3. The largest absolute Gasteiger partial charge is 0.331 e. The van der Waals surface area contributed by atoms with Crippen molar-refractivity contribution in [3.63, 3.8) is 0 Å². The predicted molar refractivity (Wildman–Crippen MR) is 111 cm³/mol. The molecule has 0 aliphatic heterocycles. The third kappa shape index (κ3) is 5.28. The summed E-state index contributed by atoms with van der Waals surface area (Å²) in [6.07, 6.45) is 0. The molecule has 2 aromatic carbocycles. The number of thiocarbonyl (C=S) groups is 1. The van der Waals surface area contributed by atoms with Crippen LogP contribution >= 0.6 is 24.0 Å². The van der Waals surface area contributed by atoms with Crippen LogP contribution in [0, 0.1) is 0 Å². The van der Waals surface area contributed by atoms with E-state index in [2.05, 4.69) is 26.4 Å². The Balaban J connectivity index is 1.47. The van der Waals surface area contributed by atoms with Gasteiger partial charge in [-0.2, -0.15) is 0 Å². The van der Waals surface area contributed by atoms with Gasteiger partial charge in [0.1, 0.15) is 0 Å². The monoisotopic (exact) mass is 398 g/mol. The van der Waals surface area contributed by atoms with E-state index in [4.69, 9.17) is 12.2 Å². The number of hydrazine groups is 1. The zero-order valence-electron chi connectivity index (χ0n) is 14.5. The molecule has 0 saturated heterocycles. The molecule has 0 atom stereocenters. The van der Waals surface area contributed by atoms with Crippen molar-refractivity contribution in [1.82, 2.24) is 25.6 Å². The van der Waals surface area contributed by atoms with Crippen LogP contribution in [0.5, 0.6) is 0 Å². The SMILES string of the molecule is Cn1c(SCC(=O)NNC(=S)Nc2ccccc2)nnc1-c1ccccc1. The van der Waals surface area contributed by atoms with E-state index >= 15 is 0 Å². The van der Waals surface area contributed by atoms with Crippen LogP contribution in [-0.2, 0) is 11.8 Å². The number of carbonyl (C=O) groups is 1. The average molecular weight is 399 g/mol. The number of rotatable bonds is 5. The van der Waals surface area contributed by atoms with E-state index < -0.39 is 0 Å². The molecule has 0 saturated carbocycles. The first-order valence-corrected chi connectivity index (χ1v) is 9.51. The smallest absolute Gasteiger partial charge is 0.248 e. The number of hydrogen-bond donors (Lipinski definition) is 3. The third-order valence-corrected chi connectivity index (χ3v) is 4.77. The van der Waals surface area contributed by atoms with Gasteiger partial charge in [-0.05, 0) is 24.4 Å². The van der Waals surface area contributed by atoms with Gasteiger partial charge >= 0.3 is 0 Å². The molecular formula is C18H18N6OS2. The lowest BCUT2D eigenvalue weighted by atomic mass is 10.2. The standard InChI is InChI=1S/C18H18N6OS2/c1-24-16(13-8-4-2-5-9-13)21-23-18(24)27-12-15(25)20-22-17(26)19-14-10-6-3-7-11-14/h2-11H,12H2,1H3,(H,20,25)(H2,19,22,26). The van der Waals surface area contributed by atoms with Crippen molar-refractivity contribution >= 4 is 40.7 Å². The molecular weight excluding hydrogens is 380 g/mol. The Morgan fingerprint density at radius 1 is 1.04 bits per heavy atom. The highest BCUT2D eigenvalue weighted by Crippen LogP contribution is 2.22. The van der Waals surface area contributed by atoms with Gasteiger partial charge in [0.05, 0.1) is 5.75 Å². The van der Waals surface area contributed by atoms with Gasteiger partial charge in [-0.1, -0.05) is 60.3 Å². The number of anilines is 1. The molecule has 1 aromatic heterocycles. The van der Waals surface area contributed by atoms with Crippen molar-refractivity contribution in [3.8, 4) is 11.4 Å². The lowest BCUT2D eigenvalue weighted by molar-refractivity contribution is -0.119. The van der Waals surface area contributed by atoms with E-state index in [-0.39, 0.29) is 11.7 Å². The molecule has 0 fully saturated rings. The molecule has 27 heavy (non-hydrogen) atoms. The fraction of sp³-hybridized carbons (Fsp3) is 0.111. The van der Waals surface area contributed by atoms with E-state index in [0.29, 0.717) is 10.3 Å². The summed E-state index contributed by atoms with van der Waals surface area (Å²) < 4.78 is 1.86. The second-order valence-corrected chi connectivity index (χ2v) is 6.86. The van der Waals surface area contributed by atoms with Gasteiger partial charge in [-0.25, -0.2) is 0 Å².